The second-order valence-corrected chi connectivity index (χ2v) is 7.57. The monoisotopic (exact) mass is 282 g/mol. The molecular weight excluding hydrogens is 252 g/mol. The molecule has 4 heteroatoms. The maximum atomic E-state index is 12.0. The molecule has 1 aliphatic heterocycles. The lowest BCUT2D eigenvalue weighted by molar-refractivity contribution is -0.148. The van der Waals surface area contributed by atoms with Gasteiger partial charge in [0.15, 0.2) is 0 Å². The van der Waals surface area contributed by atoms with Crippen molar-refractivity contribution in [3.05, 3.63) is 0 Å². The van der Waals surface area contributed by atoms with Crippen molar-refractivity contribution in [3.8, 4) is 0 Å². The van der Waals surface area contributed by atoms with Gasteiger partial charge in [0.1, 0.15) is 5.54 Å². The Bertz CT molecular complexity index is 364. The van der Waals surface area contributed by atoms with E-state index >= 15 is 0 Å². The van der Waals surface area contributed by atoms with Crippen molar-refractivity contribution < 1.29 is 9.53 Å². The molecule has 0 spiro atoms. The lowest BCUT2D eigenvalue weighted by atomic mass is 9.80. The number of carbonyl (C=O) groups is 1. The van der Waals surface area contributed by atoms with Crippen LogP contribution >= 0.6 is 0 Å². The number of methoxy groups -OCH3 is 1. The van der Waals surface area contributed by atoms with Gasteiger partial charge in [-0.3, -0.25) is 9.69 Å². The summed E-state index contributed by atoms with van der Waals surface area (Å²) in [5.41, 5.74) is -0.0744. The van der Waals surface area contributed by atoms with E-state index in [9.17, 15) is 4.79 Å². The van der Waals surface area contributed by atoms with Crippen LogP contribution in [0.2, 0.25) is 0 Å². The second kappa shape index (κ2) is 5.64. The molecule has 2 rings (SSSR count). The zero-order chi connectivity index (χ0) is 15.0. The van der Waals surface area contributed by atoms with E-state index < -0.39 is 5.54 Å². The summed E-state index contributed by atoms with van der Waals surface area (Å²) in [4.78, 5) is 14.6. The van der Waals surface area contributed by atoms with Crippen LogP contribution in [0.3, 0.4) is 0 Å². The van der Waals surface area contributed by atoms with Crippen LogP contribution in [-0.4, -0.2) is 49.7 Å². The maximum absolute atomic E-state index is 12.0. The summed E-state index contributed by atoms with van der Waals surface area (Å²) in [5, 5.41) is 3.22. The standard InChI is InChI=1S/C16H30N2O2/c1-15(2,3)12-7-9-18(11-12)13-6-8-16(10-13,17-4)14(19)20-5/h12-13,17H,6-11H2,1-5H3. The second-order valence-electron chi connectivity index (χ2n) is 7.57. The van der Waals surface area contributed by atoms with E-state index in [4.69, 9.17) is 4.74 Å². The fraction of sp³-hybridized carbons (Fsp3) is 0.938. The summed E-state index contributed by atoms with van der Waals surface area (Å²) >= 11 is 0. The van der Waals surface area contributed by atoms with Crippen LogP contribution in [0.5, 0.6) is 0 Å². The molecule has 2 fully saturated rings. The number of esters is 1. The van der Waals surface area contributed by atoms with Gasteiger partial charge in [0.05, 0.1) is 7.11 Å². The van der Waals surface area contributed by atoms with Crippen LogP contribution < -0.4 is 5.32 Å². The average Bonchev–Trinajstić information content (AvgIpc) is 3.04. The van der Waals surface area contributed by atoms with Crippen LogP contribution in [0.4, 0.5) is 0 Å². The number of likely N-dealkylation sites (tertiary alicyclic amines) is 1. The molecule has 3 unspecified atom stereocenters. The van der Waals surface area contributed by atoms with Crippen molar-refractivity contribution in [2.45, 2.75) is 58.0 Å². The van der Waals surface area contributed by atoms with Crippen molar-refractivity contribution in [2.75, 3.05) is 27.2 Å². The van der Waals surface area contributed by atoms with E-state index in [1.54, 1.807) is 0 Å². The third-order valence-corrected chi connectivity index (χ3v) is 5.50. The Morgan fingerprint density at radius 3 is 2.55 bits per heavy atom. The molecule has 0 aromatic carbocycles. The first kappa shape index (κ1) is 15.8. The van der Waals surface area contributed by atoms with Crippen molar-refractivity contribution >= 4 is 5.97 Å². The molecule has 1 N–H and O–H groups in total. The number of hydrogen-bond donors (Lipinski definition) is 1. The predicted molar refractivity (Wildman–Crippen MR) is 80.6 cm³/mol. The van der Waals surface area contributed by atoms with Gasteiger partial charge in [-0.1, -0.05) is 20.8 Å². The lowest BCUT2D eigenvalue weighted by Gasteiger charge is -2.30. The number of likely N-dealkylation sites (N-methyl/N-ethyl adjacent to an activating group) is 1. The normalized spacial score (nSPS) is 35.5. The summed E-state index contributed by atoms with van der Waals surface area (Å²) in [5.74, 6) is 0.666. The molecule has 2 aliphatic rings. The summed E-state index contributed by atoms with van der Waals surface area (Å²) in [7, 11) is 3.36. The van der Waals surface area contributed by atoms with Crippen LogP contribution in [0.25, 0.3) is 0 Å². The maximum Gasteiger partial charge on any atom is 0.326 e. The van der Waals surface area contributed by atoms with Gasteiger partial charge < -0.3 is 10.1 Å². The van der Waals surface area contributed by atoms with Gasteiger partial charge >= 0.3 is 5.97 Å². The topological polar surface area (TPSA) is 41.6 Å². The van der Waals surface area contributed by atoms with Crippen molar-refractivity contribution in [2.24, 2.45) is 11.3 Å². The molecule has 1 saturated carbocycles. The Hall–Kier alpha value is -0.610. The van der Waals surface area contributed by atoms with Gasteiger partial charge in [-0.25, -0.2) is 0 Å². The highest BCUT2D eigenvalue weighted by molar-refractivity contribution is 5.81. The van der Waals surface area contributed by atoms with E-state index in [2.05, 4.69) is 31.0 Å². The van der Waals surface area contributed by atoms with Gasteiger partial charge in [0.2, 0.25) is 0 Å². The first-order chi connectivity index (χ1) is 9.32. The van der Waals surface area contributed by atoms with Gasteiger partial charge in [0, 0.05) is 12.6 Å². The molecule has 4 nitrogen and oxygen atoms in total. The van der Waals surface area contributed by atoms with Crippen molar-refractivity contribution in [1.82, 2.24) is 10.2 Å². The number of nitrogens with zero attached hydrogens (tertiary/aromatic N) is 1. The van der Waals surface area contributed by atoms with Gasteiger partial charge in [-0.15, -0.1) is 0 Å². The summed E-state index contributed by atoms with van der Waals surface area (Å²) in [6, 6.07) is 0.522. The minimum atomic E-state index is -0.459. The molecule has 116 valence electrons. The van der Waals surface area contributed by atoms with Crippen LogP contribution in [-0.2, 0) is 9.53 Å². The van der Waals surface area contributed by atoms with Gasteiger partial charge in [0.25, 0.3) is 0 Å². The number of ether oxygens (including phenoxy) is 1. The van der Waals surface area contributed by atoms with E-state index in [0.29, 0.717) is 11.5 Å². The molecule has 3 atom stereocenters. The van der Waals surface area contributed by atoms with E-state index in [-0.39, 0.29) is 5.97 Å². The molecular formula is C16H30N2O2. The van der Waals surface area contributed by atoms with Crippen LogP contribution in [0.1, 0.15) is 46.5 Å². The highest BCUT2D eigenvalue weighted by atomic mass is 16.5. The first-order valence-electron chi connectivity index (χ1n) is 7.84. The summed E-state index contributed by atoms with van der Waals surface area (Å²) in [6.07, 6.45) is 4.14. The molecule has 0 aromatic heterocycles. The van der Waals surface area contributed by atoms with Crippen LogP contribution in [0.15, 0.2) is 0 Å². The van der Waals surface area contributed by atoms with Gasteiger partial charge in [-0.2, -0.15) is 0 Å². The smallest absolute Gasteiger partial charge is 0.326 e. The molecule has 20 heavy (non-hydrogen) atoms. The fourth-order valence-corrected chi connectivity index (χ4v) is 3.87. The SMILES string of the molecule is CNC1(C(=O)OC)CCC(N2CCC(C(C)(C)C)C2)C1. The predicted octanol–water partition coefficient (Wildman–Crippen LogP) is 2.04. The molecule has 1 heterocycles. The van der Waals surface area contributed by atoms with E-state index in [0.717, 1.165) is 25.2 Å². The molecule has 0 bridgehead atoms. The molecule has 0 aromatic rings. The first-order valence-corrected chi connectivity index (χ1v) is 7.84. The third-order valence-electron chi connectivity index (χ3n) is 5.50. The van der Waals surface area contributed by atoms with E-state index in [1.807, 2.05) is 7.05 Å². The Morgan fingerprint density at radius 1 is 1.35 bits per heavy atom. The third kappa shape index (κ3) is 2.86. The minimum absolute atomic E-state index is 0.103. The van der Waals surface area contributed by atoms with E-state index in [1.165, 1.54) is 26.6 Å². The van der Waals surface area contributed by atoms with Crippen molar-refractivity contribution in [1.29, 1.82) is 0 Å². The largest absolute Gasteiger partial charge is 0.468 e. The summed E-state index contributed by atoms with van der Waals surface area (Å²) in [6.45, 7) is 9.36. The molecule has 0 amide bonds. The number of nitrogens with one attached hydrogen (secondary N) is 1. The van der Waals surface area contributed by atoms with Crippen molar-refractivity contribution in [3.63, 3.8) is 0 Å². The Labute approximate surface area is 123 Å². The number of hydrogen-bond acceptors (Lipinski definition) is 4. The highest BCUT2D eigenvalue weighted by Gasteiger charge is 2.48. The molecule has 1 saturated heterocycles. The number of rotatable bonds is 3. The molecule has 0 radical (unpaired) electrons. The zero-order valence-electron chi connectivity index (χ0n) is 13.7. The lowest BCUT2D eigenvalue weighted by Crippen LogP contribution is -2.50. The van der Waals surface area contributed by atoms with Crippen LogP contribution in [0, 0.1) is 11.3 Å². The Kier molecular flexibility index (Phi) is 4.45. The zero-order valence-corrected chi connectivity index (χ0v) is 13.7. The van der Waals surface area contributed by atoms with Gasteiger partial charge in [-0.05, 0) is 50.6 Å². The Morgan fingerprint density at radius 2 is 2.05 bits per heavy atom. The average molecular weight is 282 g/mol. The minimum Gasteiger partial charge on any atom is -0.468 e. The quantitative estimate of drug-likeness (QED) is 0.804. The Balaban J connectivity index is 1.98. The number of carbonyl (C=O) groups excluding carboxylic acids is 1. The molecule has 1 aliphatic carbocycles. The summed E-state index contributed by atoms with van der Waals surface area (Å²) < 4.78 is 4.99. The fourth-order valence-electron chi connectivity index (χ4n) is 3.87. The highest BCUT2D eigenvalue weighted by Crippen LogP contribution is 2.39.